The molecule has 0 saturated carbocycles. The van der Waals surface area contributed by atoms with Crippen molar-refractivity contribution in [1.29, 1.82) is 0 Å². The minimum absolute atomic E-state index is 0.275. The topological polar surface area (TPSA) is 3.24 Å². The van der Waals surface area contributed by atoms with Crippen LogP contribution in [0.4, 0.5) is 18.9 Å². The van der Waals surface area contributed by atoms with Crippen LogP contribution in [0.3, 0.4) is 0 Å². The van der Waals surface area contributed by atoms with Crippen molar-refractivity contribution < 1.29 is 13.2 Å². The third-order valence-corrected chi connectivity index (χ3v) is 3.38. The fraction of sp³-hybridized carbons (Fsp3) is 0.538. The van der Waals surface area contributed by atoms with Gasteiger partial charge in [-0.15, -0.1) is 0 Å². The zero-order chi connectivity index (χ0) is 13.8. The molecule has 0 bridgehead atoms. The van der Waals surface area contributed by atoms with E-state index in [0.29, 0.717) is 24.0 Å². The average Bonchev–Trinajstić information content (AvgIpc) is 2.34. The molecule has 0 saturated heterocycles. The summed E-state index contributed by atoms with van der Waals surface area (Å²) in [4.78, 5) is 1.76. The van der Waals surface area contributed by atoms with Crippen LogP contribution in [0, 0.1) is 0 Å². The lowest BCUT2D eigenvalue weighted by Crippen LogP contribution is -2.26. The van der Waals surface area contributed by atoms with Gasteiger partial charge in [-0.05, 0) is 31.0 Å². The number of rotatable bonds is 5. The number of benzene rings is 1. The Kier molecular flexibility index (Phi) is 5.50. The van der Waals surface area contributed by atoms with E-state index in [0.717, 1.165) is 6.42 Å². The van der Waals surface area contributed by atoms with E-state index in [1.165, 1.54) is 6.07 Å². The summed E-state index contributed by atoms with van der Waals surface area (Å²) in [5.41, 5.74) is 0.366. The van der Waals surface area contributed by atoms with Gasteiger partial charge >= 0.3 is 6.18 Å². The summed E-state index contributed by atoms with van der Waals surface area (Å²) < 4.78 is 39.2. The minimum atomic E-state index is -4.31. The van der Waals surface area contributed by atoms with Crippen molar-refractivity contribution in [3.63, 3.8) is 0 Å². The van der Waals surface area contributed by atoms with E-state index in [-0.39, 0.29) is 5.69 Å². The first-order valence-electron chi connectivity index (χ1n) is 5.95. The van der Waals surface area contributed by atoms with E-state index in [1.807, 2.05) is 13.8 Å². The maximum atomic E-state index is 13.1. The quantitative estimate of drug-likeness (QED) is 0.701. The predicted molar refractivity (Wildman–Crippen MR) is 72.3 cm³/mol. The van der Waals surface area contributed by atoms with Gasteiger partial charge in [0.25, 0.3) is 0 Å². The molecule has 1 aromatic rings. The largest absolute Gasteiger partial charge is 0.418 e. The Morgan fingerprint density at radius 1 is 1.22 bits per heavy atom. The Morgan fingerprint density at radius 2 is 1.89 bits per heavy atom. The molecule has 0 atom stereocenters. The van der Waals surface area contributed by atoms with Gasteiger partial charge in [-0.3, -0.25) is 0 Å². The van der Waals surface area contributed by atoms with E-state index in [4.69, 9.17) is 0 Å². The minimum Gasteiger partial charge on any atom is -0.371 e. The monoisotopic (exact) mass is 323 g/mol. The maximum absolute atomic E-state index is 13.1. The Labute approximate surface area is 114 Å². The number of hydrogen-bond acceptors (Lipinski definition) is 1. The van der Waals surface area contributed by atoms with Gasteiger partial charge in [0.15, 0.2) is 0 Å². The summed E-state index contributed by atoms with van der Waals surface area (Å²) in [5.74, 6) is 0. The lowest BCUT2D eigenvalue weighted by molar-refractivity contribution is -0.137. The van der Waals surface area contributed by atoms with Crippen LogP contribution in [0.25, 0.3) is 0 Å². The summed E-state index contributed by atoms with van der Waals surface area (Å²) >= 11 is 3.19. The summed E-state index contributed by atoms with van der Waals surface area (Å²) in [7, 11) is 0. The van der Waals surface area contributed by atoms with Crippen molar-refractivity contribution in [2.24, 2.45) is 0 Å². The SMILES string of the molecule is CCCN(CC)c1ccc(CBr)cc1C(F)(F)F. The van der Waals surface area contributed by atoms with E-state index >= 15 is 0 Å². The Hall–Kier alpha value is -0.710. The van der Waals surface area contributed by atoms with Crippen LogP contribution < -0.4 is 4.90 Å². The van der Waals surface area contributed by atoms with Crippen molar-refractivity contribution in [2.45, 2.75) is 31.8 Å². The van der Waals surface area contributed by atoms with Gasteiger partial charge < -0.3 is 4.90 Å². The Bertz CT molecular complexity index is 390. The van der Waals surface area contributed by atoms with Gasteiger partial charge in [0.2, 0.25) is 0 Å². The molecular weight excluding hydrogens is 307 g/mol. The molecule has 0 aliphatic heterocycles. The van der Waals surface area contributed by atoms with Gasteiger partial charge in [-0.2, -0.15) is 13.2 Å². The number of nitrogens with zero attached hydrogens (tertiary/aromatic N) is 1. The molecule has 102 valence electrons. The fourth-order valence-corrected chi connectivity index (χ4v) is 2.24. The first-order chi connectivity index (χ1) is 8.43. The number of anilines is 1. The van der Waals surface area contributed by atoms with E-state index in [9.17, 15) is 13.2 Å². The second-order valence-electron chi connectivity index (χ2n) is 4.06. The highest BCUT2D eigenvalue weighted by molar-refractivity contribution is 9.08. The van der Waals surface area contributed by atoms with Gasteiger partial charge in [0, 0.05) is 24.1 Å². The molecule has 0 amide bonds. The molecule has 0 aliphatic rings. The lowest BCUT2D eigenvalue weighted by Gasteiger charge is -2.26. The smallest absolute Gasteiger partial charge is 0.371 e. The van der Waals surface area contributed by atoms with Gasteiger partial charge in [0.1, 0.15) is 0 Å². The second kappa shape index (κ2) is 6.45. The normalized spacial score (nSPS) is 11.7. The number of halogens is 4. The van der Waals surface area contributed by atoms with Crippen LogP contribution in [-0.4, -0.2) is 13.1 Å². The Morgan fingerprint density at radius 3 is 2.33 bits per heavy atom. The van der Waals surface area contributed by atoms with E-state index in [2.05, 4.69) is 15.9 Å². The molecule has 5 heteroatoms. The predicted octanol–water partition coefficient (Wildman–Crippen LogP) is 4.84. The molecule has 0 spiro atoms. The summed E-state index contributed by atoms with van der Waals surface area (Å²) in [6, 6.07) is 4.53. The van der Waals surface area contributed by atoms with Crippen LogP contribution in [0.1, 0.15) is 31.4 Å². The highest BCUT2D eigenvalue weighted by Gasteiger charge is 2.34. The molecule has 18 heavy (non-hydrogen) atoms. The molecule has 1 nitrogen and oxygen atoms in total. The van der Waals surface area contributed by atoms with E-state index < -0.39 is 11.7 Å². The zero-order valence-corrected chi connectivity index (χ0v) is 12.1. The third-order valence-electron chi connectivity index (χ3n) is 2.74. The van der Waals surface area contributed by atoms with E-state index in [1.54, 1.807) is 17.0 Å². The molecule has 0 aliphatic carbocycles. The van der Waals surface area contributed by atoms with Crippen molar-refractivity contribution in [3.05, 3.63) is 29.3 Å². The molecule has 1 rings (SSSR count). The highest BCUT2D eigenvalue weighted by atomic mass is 79.9. The first-order valence-corrected chi connectivity index (χ1v) is 7.07. The van der Waals surface area contributed by atoms with Crippen molar-refractivity contribution in [3.8, 4) is 0 Å². The molecule has 0 heterocycles. The molecule has 0 unspecified atom stereocenters. The van der Waals surface area contributed by atoms with Gasteiger partial charge in [0.05, 0.1) is 5.56 Å². The summed E-state index contributed by atoms with van der Waals surface area (Å²) in [6.45, 7) is 5.04. The molecule has 1 aromatic carbocycles. The van der Waals surface area contributed by atoms with Gasteiger partial charge in [-0.1, -0.05) is 28.9 Å². The number of hydrogen-bond donors (Lipinski definition) is 0. The van der Waals surface area contributed by atoms with Gasteiger partial charge in [-0.25, -0.2) is 0 Å². The second-order valence-corrected chi connectivity index (χ2v) is 4.62. The summed E-state index contributed by atoms with van der Waals surface area (Å²) in [6.07, 6.45) is -3.49. The molecule has 0 aromatic heterocycles. The molecule has 0 N–H and O–H groups in total. The molecular formula is C13H17BrF3N. The van der Waals surface area contributed by atoms with Crippen LogP contribution in [-0.2, 0) is 11.5 Å². The van der Waals surface area contributed by atoms with Crippen molar-refractivity contribution in [1.82, 2.24) is 0 Å². The summed E-state index contributed by atoms with van der Waals surface area (Å²) in [5, 5.41) is 0.427. The Balaban J connectivity index is 3.25. The van der Waals surface area contributed by atoms with Crippen molar-refractivity contribution in [2.75, 3.05) is 18.0 Å². The van der Waals surface area contributed by atoms with Crippen LogP contribution in [0.15, 0.2) is 18.2 Å². The zero-order valence-electron chi connectivity index (χ0n) is 10.5. The fourth-order valence-electron chi connectivity index (χ4n) is 1.89. The van der Waals surface area contributed by atoms with Crippen LogP contribution in [0.5, 0.6) is 0 Å². The highest BCUT2D eigenvalue weighted by Crippen LogP contribution is 2.37. The standard InChI is InChI=1S/C13H17BrF3N/c1-3-7-18(4-2)12-6-5-10(9-14)8-11(12)13(15,16)17/h5-6,8H,3-4,7,9H2,1-2H3. The lowest BCUT2D eigenvalue weighted by atomic mass is 10.1. The first kappa shape index (κ1) is 15.3. The average molecular weight is 324 g/mol. The van der Waals surface area contributed by atoms with Crippen molar-refractivity contribution >= 4 is 21.6 Å². The number of alkyl halides is 4. The third kappa shape index (κ3) is 3.64. The maximum Gasteiger partial charge on any atom is 0.418 e. The molecule has 0 radical (unpaired) electrons. The van der Waals surface area contributed by atoms with Crippen LogP contribution in [0.2, 0.25) is 0 Å². The molecule has 0 fully saturated rings. The van der Waals surface area contributed by atoms with Crippen LogP contribution >= 0.6 is 15.9 Å².